The molecule has 1 aromatic carbocycles. The first-order valence-electron chi connectivity index (χ1n) is 15.7. The Balaban J connectivity index is 1.79. The van der Waals surface area contributed by atoms with Crippen molar-refractivity contribution < 1.29 is 23.1 Å². The number of piperazine rings is 1. The van der Waals surface area contributed by atoms with E-state index in [2.05, 4.69) is 15.0 Å². The molecule has 4 heterocycles. The van der Waals surface area contributed by atoms with E-state index >= 15 is 8.78 Å². The maximum atomic E-state index is 16.2. The molecule has 47 heavy (non-hydrogen) atoms. The van der Waals surface area contributed by atoms with E-state index in [0.29, 0.717) is 17.7 Å². The molecule has 4 aromatic rings. The van der Waals surface area contributed by atoms with Gasteiger partial charge in [0.05, 0.1) is 16.8 Å². The van der Waals surface area contributed by atoms with Crippen LogP contribution >= 0.6 is 0 Å². The summed E-state index contributed by atoms with van der Waals surface area (Å²) in [6.45, 7) is 15.9. The summed E-state index contributed by atoms with van der Waals surface area (Å²) in [5.41, 5.74) is -0.228. The molecule has 0 spiro atoms. The number of aromatic nitrogens is 4. The van der Waals surface area contributed by atoms with E-state index in [0.717, 1.165) is 11.6 Å². The van der Waals surface area contributed by atoms with E-state index in [4.69, 9.17) is 4.74 Å². The molecular weight excluding hydrogens is 606 g/mol. The first-order chi connectivity index (χ1) is 22.1. The maximum absolute atomic E-state index is 16.2. The largest absolute Gasteiger partial charge is 0.444 e. The van der Waals surface area contributed by atoms with Gasteiger partial charge in [-0.05, 0) is 63.3 Å². The number of rotatable bonds is 6. The van der Waals surface area contributed by atoms with Crippen molar-refractivity contribution in [1.82, 2.24) is 24.4 Å². The van der Waals surface area contributed by atoms with Gasteiger partial charge in [-0.15, -0.1) is 0 Å². The zero-order valence-electron chi connectivity index (χ0n) is 28.0. The van der Waals surface area contributed by atoms with Gasteiger partial charge in [0.15, 0.2) is 17.8 Å². The third-order valence-corrected chi connectivity index (χ3v) is 8.14. The molecule has 0 N–H and O–H groups in total. The zero-order valence-corrected chi connectivity index (χ0v) is 28.0. The van der Waals surface area contributed by atoms with Crippen LogP contribution in [-0.2, 0) is 4.74 Å². The number of fused-ring (bicyclic) bond motifs is 1. The number of hydrogen-bond donors (Lipinski definition) is 0. The molecule has 1 aliphatic heterocycles. The summed E-state index contributed by atoms with van der Waals surface area (Å²) in [6, 6.07) is 6.53. The fourth-order valence-electron chi connectivity index (χ4n) is 5.97. The monoisotopic (exact) mass is 646 g/mol. The molecule has 0 bridgehead atoms. The number of anilines is 1. The van der Waals surface area contributed by atoms with Gasteiger partial charge >= 0.3 is 11.8 Å². The van der Waals surface area contributed by atoms with Gasteiger partial charge in [0, 0.05) is 43.0 Å². The quantitative estimate of drug-likeness (QED) is 0.215. The van der Waals surface area contributed by atoms with Crippen LogP contribution in [0.3, 0.4) is 0 Å². The number of amides is 1. The number of aldehydes is 1. The molecule has 12 heteroatoms. The second-order valence-corrected chi connectivity index (χ2v) is 13.5. The van der Waals surface area contributed by atoms with Crippen LogP contribution in [-0.4, -0.2) is 68.1 Å². The SMILES string of the molecule is CC(C)c1ccnc(C(C)C)c1-n1c(=O)nc(N2CCN(C(=O)OC(C)(C)C)C[C@@H]2C)c2cc(F)c(-c3c(F)cccc3C=O)nc21. The van der Waals surface area contributed by atoms with Gasteiger partial charge in [0.25, 0.3) is 0 Å². The van der Waals surface area contributed by atoms with E-state index in [1.165, 1.54) is 22.8 Å². The lowest BCUT2D eigenvalue weighted by atomic mass is 9.97. The number of hydrogen-bond acceptors (Lipinski definition) is 8. The topological polar surface area (TPSA) is 111 Å². The minimum absolute atomic E-state index is 0.0371. The van der Waals surface area contributed by atoms with Gasteiger partial charge in [-0.25, -0.2) is 27.9 Å². The van der Waals surface area contributed by atoms with E-state index in [1.54, 1.807) is 31.9 Å². The lowest BCUT2D eigenvalue weighted by molar-refractivity contribution is 0.0218. The Labute approximate surface area is 272 Å². The predicted octanol–water partition coefficient (Wildman–Crippen LogP) is 6.63. The zero-order chi connectivity index (χ0) is 34.4. The molecular formula is C35H40F2N6O4. The highest BCUT2D eigenvalue weighted by atomic mass is 19.1. The van der Waals surface area contributed by atoms with Crippen molar-refractivity contribution >= 4 is 29.2 Å². The summed E-state index contributed by atoms with van der Waals surface area (Å²) in [4.78, 5) is 56.2. The Hall–Kier alpha value is -4.74. The number of pyridine rings is 2. The number of ether oxygens (including phenoxy) is 1. The number of carbonyl (C=O) groups excluding carboxylic acids is 2. The Morgan fingerprint density at radius 2 is 1.77 bits per heavy atom. The maximum Gasteiger partial charge on any atom is 0.410 e. The normalized spacial score (nSPS) is 15.5. The molecule has 1 fully saturated rings. The van der Waals surface area contributed by atoms with Crippen molar-refractivity contribution in [1.29, 1.82) is 0 Å². The summed E-state index contributed by atoms with van der Waals surface area (Å²) in [7, 11) is 0. The van der Waals surface area contributed by atoms with Gasteiger partial charge in [-0.1, -0.05) is 39.8 Å². The van der Waals surface area contributed by atoms with Crippen LogP contribution in [0.25, 0.3) is 28.0 Å². The third kappa shape index (κ3) is 6.45. The van der Waals surface area contributed by atoms with Crippen LogP contribution in [0, 0.1) is 11.6 Å². The standard InChI is InChI=1S/C35H40F2N6O4/c1-19(2)23-12-13-38-28(20(3)4)30(23)43-32-24(16-26(37)29(39-32)27-22(18-44)10-9-11-25(27)36)31(40-33(43)45)42-15-14-41(17-21(42)5)34(46)47-35(6,7)8/h9-13,16,18-21H,14-15,17H2,1-8H3/t21-/m0/s1. The summed E-state index contributed by atoms with van der Waals surface area (Å²) in [6.07, 6.45) is 1.67. The number of carbonyl (C=O) groups is 2. The fraction of sp³-hybridized carbons (Fsp3) is 0.429. The summed E-state index contributed by atoms with van der Waals surface area (Å²) in [5.74, 6) is -1.69. The second kappa shape index (κ2) is 12.8. The van der Waals surface area contributed by atoms with Crippen LogP contribution in [0.1, 0.15) is 88.8 Å². The summed E-state index contributed by atoms with van der Waals surface area (Å²) in [5, 5.41) is 0.209. The van der Waals surface area contributed by atoms with Crippen molar-refractivity contribution in [3.63, 3.8) is 0 Å². The first kappa shape index (κ1) is 33.6. The highest BCUT2D eigenvalue weighted by Crippen LogP contribution is 2.36. The van der Waals surface area contributed by atoms with Crippen LogP contribution in [0.15, 0.2) is 41.3 Å². The number of nitrogens with zero attached hydrogens (tertiary/aromatic N) is 6. The minimum atomic E-state index is -0.890. The molecule has 1 aliphatic rings. The van der Waals surface area contributed by atoms with E-state index in [9.17, 15) is 14.4 Å². The molecule has 1 saturated heterocycles. The molecule has 1 atom stereocenters. The van der Waals surface area contributed by atoms with E-state index in [-0.39, 0.29) is 65.5 Å². The van der Waals surface area contributed by atoms with Crippen LogP contribution in [0.4, 0.5) is 19.4 Å². The highest BCUT2D eigenvalue weighted by Gasteiger charge is 2.33. The van der Waals surface area contributed by atoms with Gasteiger partial charge < -0.3 is 14.5 Å². The molecule has 3 aromatic heterocycles. The Morgan fingerprint density at radius 3 is 2.38 bits per heavy atom. The van der Waals surface area contributed by atoms with Gasteiger partial charge in [0.1, 0.15) is 22.9 Å². The predicted molar refractivity (Wildman–Crippen MR) is 176 cm³/mol. The molecule has 0 saturated carbocycles. The Kier molecular flexibility index (Phi) is 9.16. The van der Waals surface area contributed by atoms with Gasteiger partial charge in [-0.2, -0.15) is 4.98 Å². The number of benzene rings is 1. The minimum Gasteiger partial charge on any atom is -0.444 e. The van der Waals surface area contributed by atoms with Gasteiger partial charge in [0.2, 0.25) is 0 Å². The van der Waals surface area contributed by atoms with Crippen molar-refractivity contribution in [2.45, 2.75) is 78.9 Å². The molecule has 10 nitrogen and oxygen atoms in total. The van der Waals surface area contributed by atoms with E-state index in [1.807, 2.05) is 45.6 Å². The third-order valence-electron chi connectivity index (χ3n) is 8.14. The van der Waals surface area contributed by atoms with Crippen LogP contribution in [0.5, 0.6) is 0 Å². The number of halogens is 2. The molecule has 1 amide bonds. The van der Waals surface area contributed by atoms with E-state index < -0.39 is 34.7 Å². The second-order valence-electron chi connectivity index (χ2n) is 13.5. The lowest BCUT2D eigenvalue weighted by Gasteiger charge is -2.41. The van der Waals surface area contributed by atoms with Crippen molar-refractivity contribution in [3.8, 4) is 16.9 Å². The van der Waals surface area contributed by atoms with Gasteiger partial charge in [-0.3, -0.25) is 9.78 Å². The highest BCUT2D eigenvalue weighted by molar-refractivity contribution is 5.93. The molecule has 0 aliphatic carbocycles. The molecule has 0 radical (unpaired) electrons. The fourth-order valence-corrected chi connectivity index (χ4v) is 5.97. The first-order valence-corrected chi connectivity index (χ1v) is 15.7. The average Bonchev–Trinajstić information content (AvgIpc) is 2.99. The lowest BCUT2D eigenvalue weighted by Crippen LogP contribution is -2.55. The van der Waals surface area contributed by atoms with Crippen LogP contribution in [0.2, 0.25) is 0 Å². The molecule has 248 valence electrons. The summed E-state index contributed by atoms with van der Waals surface area (Å²) < 4.78 is 38.3. The summed E-state index contributed by atoms with van der Waals surface area (Å²) >= 11 is 0. The van der Waals surface area contributed by atoms with Crippen molar-refractivity contribution in [2.24, 2.45) is 0 Å². The smallest absolute Gasteiger partial charge is 0.410 e. The van der Waals surface area contributed by atoms with Crippen molar-refractivity contribution in [2.75, 3.05) is 24.5 Å². The molecule has 5 rings (SSSR count). The van der Waals surface area contributed by atoms with Crippen LogP contribution < -0.4 is 10.6 Å². The van der Waals surface area contributed by atoms with Crippen molar-refractivity contribution in [3.05, 3.63) is 75.5 Å². The average molecular weight is 647 g/mol. The Bertz CT molecular complexity index is 1890. The Morgan fingerprint density at radius 1 is 1.04 bits per heavy atom. The molecule has 0 unspecified atom stereocenters.